The van der Waals surface area contributed by atoms with Gasteiger partial charge in [-0.25, -0.2) is 0 Å². The Hall–Kier alpha value is -2.34. The molecular formula is C15H16N2O3S. The van der Waals surface area contributed by atoms with E-state index in [0.29, 0.717) is 17.9 Å². The van der Waals surface area contributed by atoms with Crippen LogP contribution in [0.2, 0.25) is 0 Å². The second-order valence-electron chi connectivity index (χ2n) is 4.31. The molecule has 0 aliphatic rings. The zero-order valence-electron chi connectivity index (χ0n) is 11.6. The summed E-state index contributed by atoms with van der Waals surface area (Å²) >= 11 is 1.52. The summed E-state index contributed by atoms with van der Waals surface area (Å²) in [5, 5.41) is 7.21. The Labute approximate surface area is 126 Å². The standard InChI is InChI=1S/C15H16N2O3S/c1-20-12-5-2-4-11(8-12)17-15(19)10-16-14(18)9-13-6-3-7-21-13/h2-8H,9-10H2,1H3,(H,16,18)(H,17,19). The lowest BCUT2D eigenvalue weighted by Gasteiger charge is -2.08. The Kier molecular flexibility index (Phi) is 5.34. The van der Waals surface area contributed by atoms with E-state index in [4.69, 9.17) is 4.74 Å². The van der Waals surface area contributed by atoms with E-state index in [1.807, 2.05) is 17.5 Å². The van der Waals surface area contributed by atoms with Crippen molar-refractivity contribution in [1.82, 2.24) is 5.32 Å². The molecule has 0 spiro atoms. The van der Waals surface area contributed by atoms with Crippen LogP contribution in [0.15, 0.2) is 41.8 Å². The SMILES string of the molecule is COc1cccc(NC(=O)CNC(=O)Cc2cccs2)c1. The molecule has 0 atom stereocenters. The predicted octanol–water partition coefficient (Wildman–Crippen LogP) is 2.05. The topological polar surface area (TPSA) is 67.4 Å². The minimum atomic E-state index is -0.275. The molecule has 2 amide bonds. The smallest absolute Gasteiger partial charge is 0.243 e. The number of anilines is 1. The number of rotatable bonds is 6. The number of hydrogen-bond acceptors (Lipinski definition) is 4. The number of benzene rings is 1. The molecule has 0 radical (unpaired) electrons. The zero-order valence-corrected chi connectivity index (χ0v) is 12.4. The lowest BCUT2D eigenvalue weighted by atomic mass is 10.3. The largest absolute Gasteiger partial charge is 0.497 e. The van der Waals surface area contributed by atoms with Crippen LogP contribution in [0.5, 0.6) is 5.75 Å². The summed E-state index contributed by atoms with van der Waals surface area (Å²) < 4.78 is 5.07. The normalized spacial score (nSPS) is 9.95. The third-order valence-corrected chi connectivity index (χ3v) is 3.59. The van der Waals surface area contributed by atoms with Crippen LogP contribution in [0.3, 0.4) is 0 Å². The first-order chi connectivity index (χ1) is 10.2. The minimum Gasteiger partial charge on any atom is -0.497 e. The van der Waals surface area contributed by atoms with E-state index in [-0.39, 0.29) is 18.4 Å². The van der Waals surface area contributed by atoms with E-state index < -0.39 is 0 Å². The van der Waals surface area contributed by atoms with Gasteiger partial charge in [0.05, 0.1) is 20.1 Å². The van der Waals surface area contributed by atoms with Crippen molar-refractivity contribution in [2.24, 2.45) is 0 Å². The highest BCUT2D eigenvalue weighted by Crippen LogP contribution is 2.16. The Balaban J connectivity index is 1.77. The average molecular weight is 304 g/mol. The van der Waals surface area contributed by atoms with Crippen LogP contribution >= 0.6 is 11.3 Å². The van der Waals surface area contributed by atoms with Crippen LogP contribution < -0.4 is 15.4 Å². The second kappa shape index (κ2) is 7.44. The molecular weight excluding hydrogens is 288 g/mol. The fourth-order valence-electron chi connectivity index (χ4n) is 1.72. The van der Waals surface area contributed by atoms with E-state index in [2.05, 4.69) is 10.6 Å². The van der Waals surface area contributed by atoms with Crippen LogP contribution in [0.25, 0.3) is 0 Å². The molecule has 21 heavy (non-hydrogen) atoms. The van der Waals surface area contributed by atoms with Crippen LogP contribution in [0.1, 0.15) is 4.88 Å². The molecule has 110 valence electrons. The van der Waals surface area contributed by atoms with Crippen molar-refractivity contribution in [2.45, 2.75) is 6.42 Å². The molecule has 2 aromatic rings. The third kappa shape index (κ3) is 4.92. The molecule has 2 N–H and O–H groups in total. The Bertz CT molecular complexity index is 611. The fourth-order valence-corrected chi connectivity index (χ4v) is 2.42. The van der Waals surface area contributed by atoms with Crippen molar-refractivity contribution >= 4 is 28.8 Å². The van der Waals surface area contributed by atoms with Crippen molar-refractivity contribution < 1.29 is 14.3 Å². The fraction of sp³-hybridized carbons (Fsp3) is 0.200. The van der Waals surface area contributed by atoms with Gasteiger partial charge in [-0.05, 0) is 23.6 Å². The van der Waals surface area contributed by atoms with Crippen LogP contribution in [-0.4, -0.2) is 25.5 Å². The first-order valence-electron chi connectivity index (χ1n) is 6.40. The summed E-state index contributed by atoms with van der Waals surface area (Å²) in [6, 6.07) is 10.8. The predicted molar refractivity (Wildman–Crippen MR) is 82.7 cm³/mol. The zero-order chi connectivity index (χ0) is 15.1. The molecule has 0 saturated heterocycles. The van der Waals surface area contributed by atoms with Gasteiger partial charge in [-0.3, -0.25) is 9.59 Å². The summed E-state index contributed by atoms with van der Waals surface area (Å²) in [6.45, 7) is -0.0541. The van der Waals surface area contributed by atoms with Crippen molar-refractivity contribution in [3.63, 3.8) is 0 Å². The summed E-state index contributed by atoms with van der Waals surface area (Å²) in [7, 11) is 1.56. The molecule has 0 aliphatic carbocycles. The number of methoxy groups -OCH3 is 1. The molecule has 1 aromatic heterocycles. The molecule has 0 bridgehead atoms. The highest BCUT2D eigenvalue weighted by molar-refractivity contribution is 7.10. The van der Waals surface area contributed by atoms with Gasteiger partial charge in [0.15, 0.2) is 0 Å². The number of amides is 2. The van der Waals surface area contributed by atoms with Gasteiger partial charge in [-0.15, -0.1) is 11.3 Å². The molecule has 0 aliphatic heterocycles. The van der Waals surface area contributed by atoms with E-state index in [1.165, 1.54) is 11.3 Å². The molecule has 5 nitrogen and oxygen atoms in total. The molecule has 0 saturated carbocycles. The monoisotopic (exact) mass is 304 g/mol. The number of carbonyl (C=O) groups excluding carboxylic acids is 2. The molecule has 1 heterocycles. The van der Waals surface area contributed by atoms with Crippen molar-refractivity contribution in [3.05, 3.63) is 46.7 Å². The van der Waals surface area contributed by atoms with Gasteiger partial charge in [0, 0.05) is 16.6 Å². The first kappa shape index (κ1) is 15.1. The Morgan fingerprint density at radius 2 is 2.05 bits per heavy atom. The average Bonchev–Trinajstić information content (AvgIpc) is 2.98. The van der Waals surface area contributed by atoms with Gasteiger partial charge < -0.3 is 15.4 Å². The highest BCUT2D eigenvalue weighted by Gasteiger charge is 2.07. The quantitative estimate of drug-likeness (QED) is 0.858. The van der Waals surface area contributed by atoms with Gasteiger partial charge >= 0.3 is 0 Å². The summed E-state index contributed by atoms with van der Waals surface area (Å²) in [6.07, 6.45) is 0.296. The summed E-state index contributed by atoms with van der Waals surface area (Å²) in [4.78, 5) is 24.4. The number of hydrogen-bond donors (Lipinski definition) is 2. The van der Waals surface area contributed by atoms with Gasteiger partial charge in [-0.2, -0.15) is 0 Å². The van der Waals surface area contributed by atoms with Crippen molar-refractivity contribution in [3.8, 4) is 5.75 Å². The third-order valence-electron chi connectivity index (χ3n) is 2.71. The van der Waals surface area contributed by atoms with Crippen LogP contribution in [0, 0.1) is 0 Å². The van der Waals surface area contributed by atoms with Gasteiger partial charge in [0.25, 0.3) is 0 Å². The van der Waals surface area contributed by atoms with Crippen LogP contribution in [0.4, 0.5) is 5.69 Å². The van der Waals surface area contributed by atoms with Gasteiger partial charge in [0.1, 0.15) is 5.75 Å². The van der Waals surface area contributed by atoms with E-state index in [9.17, 15) is 9.59 Å². The van der Waals surface area contributed by atoms with E-state index in [0.717, 1.165) is 4.88 Å². The highest BCUT2D eigenvalue weighted by atomic mass is 32.1. The van der Waals surface area contributed by atoms with Gasteiger partial charge in [0.2, 0.25) is 11.8 Å². The molecule has 6 heteroatoms. The number of ether oxygens (including phenoxy) is 1. The molecule has 1 aromatic carbocycles. The van der Waals surface area contributed by atoms with E-state index in [1.54, 1.807) is 31.4 Å². The second-order valence-corrected chi connectivity index (χ2v) is 5.35. The molecule has 0 unspecified atom stereocenters. The summed E-state index contributed by atoms with van der Waals surface area (Å²) in [5.41, 5.74) is 0.631. The Morgan fingerprint density at radius 1 is 1.19 bits per heavy atom. The lowest BCUT2D eigenvalue weighted by Crippen LogP contribution is -2.33. The number of carbonyl (C=O) groups is 2. The Morgan fingerprint density at radius 3 is 2.76 bits per heavy atom. The van der Waals surface area contributed by atoms with Crippen molar-refractivity contribution in [2.75, 3.05) is 19.0 Å². The molecule has 0 fully saturated rings. The number of thiophene rings is 1. The lowest BCUT2D eigenvalue weighted by molar-refractivity contribution is -0.123. The maximum atomic E-state index is 11.8. The maximum absolute atomic E-state index is 11.8. The molecule has 2 rings (SSSR count). The van der Waals surface area contributed by atoms with Gasteiger partial charge in [-0.1, -0.05) is 12.1 Å². The van der Waals surface area contributed by atoms with Crippen LogP contribution in [-0.2, 0) is 16.0 Å². The maximum Gasteiger partial charge on any atom is 0.243 e. The van der Waals surface area contributed by atoms with E-state index >= 15 is 0 Å². The minimum absolute atomic E-state index is 0.0541. The first-order valence-corrected chi connectivity index (χ1v) is 7.28. The summed E-state index contributed by atoms with van der Waals surface area (Å²) in [5.74, 6) is 0.218. The number of nitrogens with one attached hydrogen (secondary N) is 2. The van der Waals surface area contributed by atoms with Crippen molar-refractivity contribution in [1.29, 1.82) is 0 Å².